The van der Waals surface area contributed by atoms with E-state index in [0.717, 1.165) is 25.9 Å². The fraction of sp³-hybridized carbons (Fsp3) is 0.429. The van der Waals surface area contributed by atoms with Crippen LogP contribution >= 0.6 is 12.2 Å². The topological polar surface area (TPSA) is 55.6 Å². The van der Waals surface area contributed by atoms with Gasteiger partial charge in [-0.25, -0.2) is 4.39 Å². The minimum absolute atomic E-state index is 0.00441. The highest BCUT2D eigenvalue weighted by molar-refractivity contribution is 7.80. The van der Waals surface area contributed by atoms with E-state index >= 15 is 0 Å². The number of halogens is 1. The summed E-state index contributed by atoms with van der Waals surface area (Å²) in [6.07, 6.45) is 1.41. The molecule has 1 amide bonds. The van der Waals surface area contributed by atoms with Crippen LogP contribution in [0.5, 0.6) is 5.75 Å². The van der Waals surface area contributed by atoms with Gasteiger partial charge >= 0.3 is 0 Å². The van der Waals surface area contributed by atoms with Crippen LogP contribution in [0.3, 0.4) is 0 Å². The highest BCUT2D eigenvalue weighted by atomic mass is 32.1. The lowest BCUT2D eigenvalue weighted by molar-refractivity contribution is -0.136. The molecule has 0 aromatic heterocycles. The predicted octanol–water partition coefficient (Wildman–Crippen LogP) is 1.85. The zero-order chi connectivity index (χ0) is 14.7. The smallest absolute Gasteiger partial charge is 0.263 e. The minimum Gasteiger partial charge on any atom is -0.481 e. The van der Waals surface area contributed by atoms with Crippen LogP contribution in [0.1, 0.15) is 25.3 Å². The summed E-state index contributed by atoms with van der Waals surface area (Å²) in [7, 11) is 0. The molecular weight excluding hydrogens is 279 g/mol. The third-order valence-corrected chi connectivity index (χ3v) is 3.50. The van der Waals surface area contributed by atoms with E-state index in [1.54, 1.807) is 17.9 Å². The number of nitrogens with zero attached hydrogens (tertiary/aromatic N) is 1. The largest absolute Gasteiger partial charge is 0.481 e. The summed E-state index contributed by atoms with van der Waals surface area (Å²) in [5.41, 5.74) is 5.56. The zero-order valence-electron chi connectivity index (χ0n) is 11.3. The molecule has 0 spiro atoms. The number of thiocarbonyl (C=S) groups is 1. The van der Waals surface area contributed by atoms with Crippen molar-refractivity contribution in [2.45, 2.75) is 25.9 Å². The lowest BCUT2D eigenvalue weighted by Crippen LogP contribution is -2.38. The fourth-order valence-corrected chi connectivity index (χ4v) is 2.38. The Labute approximate surface area is 122 Å². The highest BCUT2D eigenvalue weighted by Crippen LogP contribution is 2.19. The van der Waals surface area contributed by atoms with Crippen molar-refractivity contribution < 1.29 is 13.9 Å². The van der Waals surface area contributed by atoms with Crippen molar-refractivity contribution in [2.24, 2.45) is 5.73 Å². The van der Waals surface area contributed by atoms with Crippen molar-refractivity contribution in [3.05, 3.63) is 29.6 Å². The summed E-state index contributed by atoms with van der Waals surface area (Å²) >= 11 is 4.73. The van der Waals surface area contributed by atoms with E-state index in [0.29, 0.717) is 5.75 Å². The van der Waals surface area contributed by atoms with E-state index in [1.807, 2.05) is 0 Å². The van der Waals surface area contributed by atoms with Gasteiger partial charge in [-0.2, -0.15) is 0 Å². The molecule has 108 valence electrons. The molecule has 1 unspecified atom stereocenters. The summed E-state index contributed by atoms with van der Waals surface area (Å²) in [6.45, 7) is 3.20. The Morgan fingerprint density at radius 2 is 2.10 bits per heavy atom. The number of carbonyl (C=O) groups excluding carboxylic acids is 1. The maximum absolute atomic E-state index is 13.7. The van der Waals surface area contributed by atoms with Gasteiger partial charge in [0.1, 0.15) is 16.6 Å². The Bertz CT molecular complexity index is 530. The van der Waals surface area contributed by atoms with Gasteiger partial charge in [0, 0.05) is 24.7 Å². The quantitative estimate of drug-likeness (QED) is 0.862. The molecule has 0 radical (unpaired) electrons. The average molecular weight is 296 g/mol. The van der Waals surface area contributed by atoms with Gasteiger partial charge in [-0.15, -0.1) is 0 Å². The van der Waals surface area contributed by atoms with Crippen LogP contribution in [-0.2, 0) is 4.79 Å². The van der Waals surface area contributed by atoms with Crippen LogP contribution in [0.4, 0.5) is 4.39 Å². The van der Waals surface area contributed by atoms with Crippen LogP contribution in [0, 0.1) is 5.82 Å². The van der Waals surface area contributed by atoms with Gasteiger partial charge in [-0.1, -0.05) is 12.2 Å². The molecule has 1 heterocycles. The molecule has 2 N–H and O–H groups in total. The van der Waals surface area contributed by atoms with E-state index in [1.165, 1.54) is 12.1 Å². The van der Waals surface area contributed by atoms with Gasteiger partial charge in [0.05, 0.1) is 0 Å². The summed E-state index contributed by atoms with van der Waals surface area (Å²) in [5.74, 6) is -0.320. The number of amides is 1. The van der Waals surface area contributed by atoms with Crippen molar-refractivity contribution in [2.75, 3.05) is 13.1 Å². The highest BCUT2D eigenvalue weighted by Gasteiger charge is 2.24. The Balaban J connectivity index is 2.04. The molecule has 4 nitrogen and oxygen atoms in total. The molecule has 1 saturated heterocycles. The summed E-state index contributed by atoms with van der Waals surface area (Å²) in [6, 6.07) is 4.22. The summed E-state index contributed by atoms with van der Waals surface area (Å²) in [5, 5.41) is 0. The van der Waals surface area contributed by atoms with E-state index in [-0.39, 0.29) is 16.5 Å². The molecule has 0 bridgehead atoms. The first-order valence-corrected chi connectivity index (χ1v) is 6.94. The maximum Gasteiger partial charge on any atom is 0.263 e. The van der Waals surface area contributed by atoms with E-state index in [4.69, 9.17) is 22.7 Å². The van der Waals surface area contributed by atoms with Crippen molar-refractivity contribution >= 4 is 23.1 Å². The first-order chi connectivity index (χ1) is 9.49. The maximum atomic E-state index is 13.7. The third kappa shape index (κ3) is 3.25. The van der Waals surface area contributed by atoms with Gasteiger partial charge in [0.2, 0.25) is 0 Å². The fourth-order valence-electron chi connectivity index (χ4n) is 2.22. The van der Waals surface area contributed by atoms with Gasteiger partial charge < -0.3 is 15.4 Å². The van der Waals surface area contributed by atoms with Gasteiger partial charge in [-0.05, 0) is 31.9 Å². The molecule has 20 heavy (non-hydrogen) atoms. The monoisotopic (exact) mass is 296 g/mol. The van der Waals surface area contributed by atoms with Crippen LogP contribution in [0.15, 0.2) is 18.2 Å². The Hall–Kier alpha value is -1.69. The third-order valence-electron chi connectivity index (χ3n) is 3.28. The van der Waals surface area contributed by atoms with Crippen LogP contribution in [0.2, 0.25) is 0 Å². The van der Waals surface area contributed by atoms with Crippen molar-refractivity contribution in [1.82, 2.24) is 4.90 Å². The normalized spacial score (nSPS) is 16.0. The molecule has 1 aromatic carbocycles. The van der Waals surface area contributed by atoms with E-state index < -0.39 is 11.9 Å². The number of rotatable bonds is 4. The number of likely N-dealkylation sites (tertiary alicyclic amines) is 1. The molecule has 1 aliphatic rings. The Morgan fingerprint density at radius 3 is 2.65 bits per heavy atom. The standard InChI is InChI=1S/C14H17FN2O2S/c1-9(14(18)17-6-2-3-7-17)19-10-4-5-11(13(16)20)12(15)8-10/h4-5,8-9H,2-3,6-7H2,1H3,(H2,16,20). The van der Waals surface area contributed by atoms with E-state index in [9.17, 15) is 9.18 Å². The summed E-state index contributed by atoms with van der Waals surface area (Å²) in [4.78, 5) is 13.8. The molecule has 1 atom stereocenters. The second-order valence-electron chi connectivity index (χ2n) is 4.80. The first kappa shape index (κ1) is 14.7. The van der Waals surface area contributed by atoms with Gasteiger partial charge in [0.25, 0.3) is 5.91 Å². The molecule has 1 aliphatic heterocycles. The second-order valence-corrected chi connectivity index (χ2v) is 5.24. The summed E-state index contributed by atoms with van der Waals surface area (Å²) < 4.78 is 19.2. The number of hydrogen-bond donors (Lipinski definition) is 1. The van der Waals surface area contributed by atoms with Crippen molar-refractivity contribution in [3.63, 3.8) is 0 Å². The van der Waals surface area contributed by atoms with Crippen LogP contribution in [0.25, 0.3) is 0 Å². The number of ether oxygens (including phenoxy) is 1. The SMILES string of the molecule is CC(Oc1ccc(C(N)=S)c(F)c1)C(=O)N1CCCC1. The zero-order valence-corrected chi connectivity index (χ0v) is 12.1. The Kier molecular flexibility index (Phi) is 4.54. The predicted molar refractivity (Wildman–Crippen MR) is 78.2 cm³/mol. The second kappa shape index (κ2) is 6.17. The number of nitrogens with two attached hydrogens (primary N) is 1. The van der Waals surface area contributed by atoms with Crippen molar-refractivity contribution in [1.29, 1.82) is 0 Å². The number of benzene rings is 1. The molecule has 0 saturated carbocycles. The lowest BCUT2D eigenvalue weighted by Gasteiger charge is -2.21. The molecule has 6 heteroatoms. The van der Waals surface area contributed by atoms with Crippen LogP contribution in [-0.4, -0.2) is 35.0 Å². The van der Waals surface area contributed by atoms with E-state index in [2.05, 4.69) is 0 Å². The van der Waals surface area contributed by atoms with Crippen LogP contribution < -0.4 is 10.5 Å². The number of carbonyl (C=O) groups is 1. The van der Waals surface area contributed by atoms with Gasteiger partial charge in [0.15, 0.2) is 6.10 Å². The Morgan fingerprint density at radius 1 is 1.45 bits per heavy atom. The molecule has 0 aliphatic carbocycles. The molecular formula is C14H17FN2O2S. The molecule has 1 aromatic rings. The number of hydrogen-bond acceptors (Lipinski definition) is 3. The average Bonchev–Trinajstić information content (AvgIpc) is 2.91. The van der Waals surface area contributed by atoms with Crippen molar-refractivity contribution in [3.8, 4) is 5.75 Å². The van der Waals surface area contributed by atoms with Gasteiger partial charge in [-0.3, -0.25) is 4.79 Å². The lowest BCUT2D eigenvalue weighted by atomic mass is 10.2. The molecule has 1 fully saturated rings. The molecule has 2 rings (SSSR count). The first-order valence-electron chi connectivity index (χ1n) is 6.54. The minimum atomic E-state index is -0.636.